The molecule has 0 heterocycles. The van der Waals surface area contributed by atoms with Crippen LogP contribution in [0.3, 0.4) is 0 Å². The molecule has 0 bridgehead atoms. The van der Waals surface area contributed by atoms with Crippen LogP contribution in [-0.4, -0.2) is 41.0 Å². The van der Waals surface area contributed by atoms with Gasteiger partial charge < -0.3 is 0 Å². The average Bonchev–Trinajstić information content (AvgIpc) is 1.30. The van der Waals surface area contributed by atoms with Crippen molar-refractivity contribution in [3.8, 4) is 11.5 Å². The van der Waals surface area contributed by atoms with Crippen molar-refractivity contribution >= 4 is 41.0 Å². The summed E-state index contributed by atoms with van der Waals surface area (Å²) in [4.78, 5) is 0. The molecule has 0 aliphatic heterocycles. The zero-order chi connectivity index (χ0) is 5.91. The second kappa shape index (κ2) is 2.67. The van der Waals surface area contributed by atoms with E-state index < -0.39 is 4.28 Å². The minimum Gasteiger partial charge on any atom is -0.139 e. The van der Waals surface area contributed by atoms with Crippen LogP contribution in [0.15, 0.2) is 0 Å². The van der Waals surface area contributed by atoms with E-state index in [-0.39, 0.29) is 0 Å². The maximum atomic E-state index is 3.21. The van der Waals surface area contributed by atoms with E-state index in [2.05, 4.69) is 52.4 Å². The maximum absolute atomic E-state index is 3.21. The lowest BCUT2D eigenvalue weighted by Crippen LogP contribution is -2.08. The van der Waals surface area contributed by atoms with Crippen molar-refractivity contribution in [3.05, 3.63) is 0 Å². The fourth-order valence-electron chi connectivity index (χ4n) is 0.0938. The first kappa shape index (κ1) is 7.43. The predicted octanol–water partition coefficient (Wildman–Crippen LogP) is -1.31. The van der Waals surface area contributed by atoms with E-state index in [4.69, 9.17) is 0 Å². The fraction of sp³-hybridized carbons (Fsp3) is 0.333. The van der Waals surface area contributed by atoms with Crippen molar-refractivity contribution in [1.29, 1.82) is 0 Å². The molecule has 0 aromatic carbocycles. The predicted molar refractivity (Wildman–Crippen MR) is 33.5 cm³/mol. The van der Waals surface area contributed by atoms with Gasteiger partial charge in [-0.1, -0.05) is 0 Å². The summed E-state index contributed by atoms with van der Waals surface area (Å²) in [5, 5.41) is 0. The lowest BCUT2D eigenvalue weighted by Gasteiger charge is -2.04. The summed E-state index contributed by atoms with van der Waals surface area (Å²) in [6.07, 6.45) is 0. The number of rotatable bonds is 0. The summed E-state index contributed by atoms with van der Waals surface area (Å²) in [5.41, 5.74) is 2.52. The third kappa shape index (κ3) is 6.43. The summed E-state index contributed by atoms with van der Waals surface area (Å²) in [7, 11) is 12.6. The Morgan fingerprint density at radius 3 is 1.57 bits per heavy atom. The summed E-state index contributed by atoms with van der Waals surface area (Å²) in [6, 6.07) is 0. The molecule has 0 aromatic rings. The molecule has 0 aromatic heterocycles. The van der Waals surface area contributed by atoms with E-state index in [0.717, 1.165) is 0 Å². The Kier molecular flexibility index (Phi) is 2.83. The molecule has 0 unspecified atom stereocenters. The van der Waals surface area contributed by atoms with Crippen molar-refractivity contribution in [2.24, 2.45) is 0 Å². The van der Waals surface area contributed by atoms with Crippen LogP contribution in [0.4, 0.5) is 0 Å². The summed E-state index contributed by atoms with van der Waals surface area (Å²) in [6.45, 7) is 0. The molecule has 12 radical (unpaired) electrons. The van der Waals surface area contributed by atoms with Crippen LogP contribution in [-0.2, 0) is 0 Å². The summed E-state index contributed by atoms with van der Waals surface area (Å²) < 4.78 is -0.443. The Hall–Kier alpha value is 0.428. The van der Waals surface area contributed by atoms with Gasteiger partial charge in [-0.3, -0.25) is 0 Å². The Morgan fingerprint density at radius 2 is 1.57 bits per heavy atom. The molecule has 0 aliphatic carbocycles. The molecule has 4 heteroatoms. The van der Waals surface area contributed by atoms with Gasteiger partial charge in [0, 0.05) is 30.7 Å². The maximum Gasteiger partial charge on any atom is 0.147 e. The second-order valence-corrected chi connectivity index (χ2v) is 5.00. The van der Waals surface area contributed by atoms with Crippen molar-refractivity contribution < 1.29 is 0 Å². The van der Waals surface area contributed by atoms with Crippen LogP contribution >= 0.6 is 0 Å². The number of hydrogen-bond acceptors (Lipinski definition) is 0. The van der Waals surface area contributed by atoms with E-state index in [9.17, 15) is 0 Å². The van der Waals surface area contributed by atoms with Gasteiger partial charge in [0.15, 0.2) is 0 Å². The largest absolute Gasteiger partial charge is 0.147 e. The Labute approximate surface area is 57.2 Å². The molecule has 0 aliphatic rings. The van der Waals surface area contributed by atoms with E-state index in [0.29, 0.717) is 0 Å². The molecule has 0 saturated heterocycles. The van der Waals surface area contributed by atoms with Crippen LogP contribution in [0.5, 0.6) is 0 Å². The van der Waals surface area contributed by atoms with Crippen molar-refractivity contribution in [2.75, 3.05) is 0 Å². The lowest BCUT2D eigenvalue weighted by atomic mass is 10.8. The standard InChI is InChI=1S/C3Si4/c4-2-1-3(5,6)7. The summed E-state index contributed by atoms with van der Waals surface area (Å²) >= 11 is 0. The van der Waals surface area contributed by atoms with Gasteiger partial charge in [-0.05, 0) is 4.28 Å². The van der Waals surface area contributed by atoms with Gasteiger partial charge in [-0.25, -0.2) is 0 Å². The second-order valence-electron chi connectivity index (χ2n) is 1.00. The average molecular weight is 148 g/mol. The Bertz CT molecular complexity index is 100. The molecule has 0 spiro atoms. The molecule has 0 N–H and O–H groups in total. The van der Waals surface area contributed by atoms with Gasteiger partial charge in [0.1, 0.15) is 10.2 Å². The van der Waals surface area contributed by atoms with Crippen LogP contribution in [0.25, 0.3) is 0 Å². The molecule has 0 fully saturated rings. The molecule has 0 nitrogen and oxygen atoms in total. The van der Waals surface area contributed by atoms with Gasteiger partial charge in [0.2, 0.25) is 0 Å². The molecular weight excluding hydrogens is 148 g/mol. The summed E-state index contributed by atoms with van der Waals surface area (Å²) in [5.74, 6) is 2.69. The minimum absolute atomic E-state index is 0.443. The normalized spacial score (nSPS) is 9.71. The van der Waals surface area contributed by atoms with Crippen molar-refractivity contribution in [2.45, 2.75) is 4.28 Å². The monoisotopic (exact) mass is 148 g/mol. The van der Waals surface area contributed by atoms with E-state index in [1.54, 1.807) is 0 Å². The smallest absolute Gasteiger partial charge is 0.139 e. The molecular formula is C3Si4. The quantitative estimate of drug-likeness (QED) is 0.296. The van der Waals surface area contributed by atoms with Gasteiger partial charge >= 0.3 is 0 Å². The van der Waals surface area contributed by atoms with E-state index >= 15 is 0 Å². The topological polar surface area (TPSA) is 0 Å². The zero-order valence-electron chi connectivity index (χ0n) is 3.50. The number of hydrogen-bond donors (Lipinski definition) is 0. The highest BCUT2D eigenvalue weighted by Crippen LogP contribution is 2.02. The molecule has 0 rings (SSSR count). The molecule has 0 saturated carbocycles. The van der Waals surface area contributed by atoms with Crippen LogP contribution in [0.2, 0.25) is 4.28 Å². The highest BCUT2D eigenvalue weighted by molar-refractivity contribution is 6.61. The van der Waals surface area contributed by atoms with Gasteiger partial charge in [0.05, 0.1) is 0 Å². The molecule has 7 heavy (non-hydrogen) atoms. The highest BCUT2D eigenvalue weighted by atomic mass is 28.3. The van der Waals surface area contributed by atoms with Gasteiger partial charge in [-0.2, -0.15) is 0 Å². The van der Waals surface area contributed by atoms with Crippen LogP contribution < -0.4 is 0 Å². The molecule has 28 valence electrons. The molecule has 0 atom stereocenters. The third-order valence-electron chi connectivity index (χ3n) is 0.250. The van der Waals surface area contributed by atoms with E-state index in [1.165, 1.54) is 0 Å². The van der Waals surface area contributed by atoms with Crippen LogP contribution in [0, 0.1) is 11.5 Å². The Morgan fingerprint density at radius 1 is 1.14 bits per heavy atom. The lowest BCUT2D eigenvalue weighted by molar-refractivity contribution is 1.53. The van der Waals surface area contributed by atoms with Gasteiger partial charge in [-0.15, -0.1) is 11.5 Å². The van der Waals surface area contributed by atoms with Crippen LogP contribution in [0.1, 0.15) is 0 Å². The van der Waals surface area contributed by atoms with Crippen molar-refractivity contribution in [1.82, 2.24) is 0 Å². The Balaban J connectivity index is 3.72. The SMILES string of the molecule is [Si]C#CC([Si])([Si])[Si]. The first-order chi connectivity index (χ1) is 3.06. The molecule has 0 amide bonds. The first-order valence-electron chi connectivity index (χ1n) is 1.50. The minimum atomic E-state index is -0.443. The zero-order valence-corrected chi connectivity index (χ0v) is 7.50. The van der Waals surface area contributed by atoms with Gasteiger partial charge in [0.25, 0.3) is 0 Å². The van der Waals surface area contributed by atoms with E-state index in [1.807, 2.05) is 0 Å². The first-order valence-corrected chi connectivity index (χ1v) is 3.50. The highest BCUT2D eigenvalue weighted by Gasteiger charge is 2.02. The fourth-order valence-corrected chi connectivity index (χ4v) is 0.844. The third-order valence-corrected chi connectivity index (χ3v) is 0.750. The van der Waals surface area contributed by atoms with Crippen molar-refractivity contribution in [3.63, 3.8) is 0 Å².